The van der Waals surface area contributed by atoms with Gasteiger partial charge in [-0.1, -0.05) is 12.5 Å². The van der Waals surface area contributed by atoms with Crippen LogP contribution in [0.15, 0.2) is 17.8 Å². The lowest BCUT2D eigenvalue weighted by atomic mass is 10.2. The molecule has 0 fully saturated rings. The molecule has 1 aromatic rings. The lowest BCUT2D eigenvalue weighted by Gasteiger charge is -1.99. The molecule has 1 rings (SSSR count). The molecular weight excluding hydrogens is 172 g/mol. The van der Waals surface area contributed by atoms with Crippen molar-refractivity contribution < 1.29 is 0 Å². The molecule has 0 amide bonds. The van der Waals surface area contributed by atoms with E-state index in [2.05, 4.69) is 18.1 Å². The van der Waals surface area contributed by atoms with Crippen molar-refractivity contribution in [3.63, 3.8) is 0 Å². The molecule has 0 saturated heterocycles. The molecule has 0 atom stereocenters. The van der Waals surface area contributed by atoms with Gasteiger partial charge in [0.1, 0.15) is 0 Å². The largest absolute Gasteiger partial charge is 0.269 e. The SMILES string of the molecule is CCC(=Cc1ccnn1C)CCl. The normalized spacial score (nSPS) is 12.1. The molecule has 1 aromatic heterocycles. The standard InChI is InChI=1S/C9H13ClN2/c1-3-8(7-10)6-9-4-5-11-12(9)2/h4-6H,3,7H2,1-2H3. The molecular formula is C9H13ClN2. The summed E-state index contributed by atoms with van der Waals surface area (Å²) in [5, 5.41) is 4.07. The maximum absolute atomic E-state index is 5.74. The minimum absolute atomic E-state index is 0.599. The number of halogens is 1. The molecule has 0 N–H and O–H groups in total. The first-order chi connectivity index (χ1) is 5.77. The lowest BCUT2D eigenvalue weighted by molar-refractivity contribution is 0.759. The fraction of sp³-hybridized carbons (Fsp3) is 0.444. The highest BCUT2D eigenvalue weighted by atomic mass is 35.5. The van der Waals surface area contributed by atoms with Crippen LogP contribution in [0.3, 0.4) is 0 Å². The van der Waals surface area contributed by atoms with Gasteiger partial charge in [0.05, 0.1) is 5.69 Å². The van der Waals surface area contributed by atoms with Crippen molar-refractivity contribution in [2.75, 3.05) is 5.88 Å². The van der Waals surface area contributed by atoms with E-state index in [1.54, 1.807) is 6.20 Å². The molecule has 0 aromatic carbocycles. The number of alkyl halides is 1. The number of rotatable bonds is 3. The molecule has 0 bridgehead atoms. The quantitative estimate of drug-likeness (QED) is 0.660. The van der Waals surface area contributed by atoms with Gasteiger partial charge in [-0.15, -0.1) is 11.6 Å². The fourth-order valence-corrected chi connectivity index (χ4v) is 1.24. The second-order valence-corrected chi connectivity index (χ2v) is 2.94. The summed E-state index contributed by atoms with van der Waals surface area (Å²) in [7, 11) is 1.92. The highest BCUT2D eigenvalue weighted by Gasteiger charge is 1.96. The molecule has 0 spiro atoms. The third kappa shape index (κ3) is 2.11. The Morgan fingerprint density at radius 1 is 1.75 bits per heavy atom. The molecule has 3 heteroatoms. The smallest absolute Gasteiger partial charge is 0.0606 e. The maximum Gasteiger partial charge on any atom is 0.0606 e. The average Bonchev–Trinajstić information content (AvgIpc) is 2.47. The fourth-order valence-electron chi connectivity index (χ4n) is 0.970. The second-order valence-electron chi connectivity index (χ2n) is 2.67. The van der Waals surface area contributed by atoms with E-state index in [9.17, 15) is 0 Å². The number of aryl methyl sites for hydroxylation is 1. The van der Waals surface area contributed by atoms with Crippen molar-refractivity contribution >= 4 is 17.7 Å². The average molecular weight is 185 g/mol. The van der Waals surface area contributed by atoms with Crippen LogP contribution < -0.4 is 0 Å². The molecule has 0 radical (unpaired) electrons. The first-order valence-electron chi connectivity index (χ1n) is 4.01. The third-order valence-electron chi connectivity index (χ3n) is 1.84. The van der Waals surface area contributed by atoms with E-state index in [0.29, 0.717) is 5.88 Å². The Kier molecular flexibility index (Phi) is 3.35. The molecule has 0 unspecified atom stereocenters. The molecule has 0 aliphatic carbocycles. The highest BCUT2D eigenvalue weighted by Crippen LogP contribution is 2.09. The zero-order valence-electron chi connectivity index (χ0n) is 7.42. The Morgan fingerprint density at radius 3 is 2.92 bits per heavy atom. The summed E-state index contributed by atoms with van der Waals surface area (Å²) in [4.78, 5) is 0. The highest BCUT2D eigenvalue weighted by molar-refractivity contribution is 6.19. The molecule has 1 heterocycles. The summed E-state index contributed by atoms with van der Waals surface area (Å²) >= 11 is 5.74. The van der Waals surface area contributed by atoms with Crippen LogP contribution >= 0.6 is 11.6 Å². The van der Waals surface area contributed by atoms with Gasteiger partial charge < -0.3 is 0 Å². The van der Waals surface area contributed by atoms with Crippen LogP contribution in [-0.2, 0) is 7.05 Å². The van der Waals surface area contributed by atoms with Gasteiger partial charge in [-0.3, -0.25) is 4.68 Å². The predicted molar refractivity (Wildman–Crippen MR) is 52.2 cm³/mol. The van der Waals surface area contributed by atoms with Crippen LogP contribution in [0.5, 0.6) is 0 Å². The summed E-state index contributed by atoms with van der Waals surface area (Å²) in [6, 6.07) is 1.97. The Morgan fingerprint density at radius 2 is 2.50 bits per heavy atom. The van der Waals surface area contributed by atoms with Crippen molar-refractivity contribution in [2.45, 2.75) is 13.3 Å². The summed E-state index contributed by atoms with van der Waals surface area (Å²) in [5.41, 5.74) is 2.34. The lowest BCUT2D eigenvalue weighted by Crippen LogP contribution is -1.93. The van der Waals surface area contributed by atoms with Crippen molar-refractivity contribution in [1.29, 1.82) is 0 Å². The van der Waals surface area contributed by atoms with Crippen molar-refractivity contribution in [1.82, 2.24) is 9.78 Å². The minimum atomic E-state index is 0.599. The van der Waals surface area contributed by atoms with Crippen LogP contribution in [0, 0.1) is 0 Å². The van der Waals surface area contributed by atoms with E-state index in [4.69, 9.17) is 11.6 Å². The molecule has 66 valence electrons. The van der Waals surface area contributed by atoms with Gasteiger partial charge >= 0.3 is 0 Å². The first kappa shape index (κ1) is 9.33. The maximum atomic E-state index is 5.74. The number of hydrogen-bond donors (Lipinski definition) is 0. The van der Waals surface area contributed by atoms with E-state index < -0.39 is 0 Å². The number of aromatic nitrogens is 2. The van der Waals surface area contributed by atoms with Gasteiger partial charge in [-0.25, -0.2) is 0 Å². The predicted octanol–water partition coefficient (Wildman–Crippen LogP) is 2.45. The number of hydrogen-bond acceptors (Lipinski definition) is 1. The summed E-state index contributed by atoms with van der Waals surface area (Å²) in [6.07, 6.45) is 4.86. The Hall–Kier alpha value is -0.760. The third-order valence-corrected chi connectivity index (χ3v) is 2.18. The van der Waals surface area contributed by atoms with Gasteiger partial charge in [0.15, 0.2) is 0 Å². The summed E-state index contributed by atoms with van der Waals surface area (Å²) in [5.74, 6) is 0.599. The van der Waals surface area contributed by atoms with Gasteiger partial charge in [0, 0.05) is 19.1 Å². The Labute approximate surface area is 77.8 Å². The van der Waals surface area contributed by atoms with Crippen LogP contribution in [0.25, 0.3) is 6.08 Å². The van der Waals surface area contributed by atoms with E-state index in [1.807, 2.05) is 17.8 Å². The Bertz CT molecular complexity index is 270. The van der Waals surface area contributed by atoms with Gasteiger partial charge in [0.25, 0.3) is 0 Å². The van der Waals surface area contributed by atoms with E-state index in [0.717, 1.165) is 12.1 Å². The van der Waals surface area contributed by atoms with Gasteiger partial charge in [-0.05, 0) is 18.6 Å². The van der Waals surface area contributed by atoms with Crippen LogP contribution in [-0.4, -0.2) is 15.7 Å². The summed E-state index contributed by atoms with van der Waals surface area (Å²) < 4.78 is 1.84. The summed E-state index contributed by atoms with van der Waals surface area (Å²) in [6.45, 7) is 2.10. The molecule has 0 aliphatic rings. The van der Waals surface area contributed by atoms with Gasteiger partial charge in [0.2, 0.25) is 0 Å². The topological polar surface area (TPSA) is 17.8 Å². The Balaban J connectivity index is 2.85. The monoisotopic (exact) mass is 184 g/mol. The first-order valence-corrected chi connectivity index (χ1v) is 4.54. The van der Waals surface area contributed by atoms with Crippen LogP contribution in [0.1, 0.15) is 19.0 Å². The minimum Gasteiger partial charge on any atom is -0.269 e. The number of allylic oxidation sites excluding steroid dienone is 1. The second kappa shape index (κ2) is 4.31. The molecule has 0 aliphatic heterocycles. The van der Waals surface area contributed by atoms with Gasteiger partial charge in [-0.2, -0.15) is 5.10 Å². The van der Waals surface area contributed by atoms with E-state index in [-0.39, 0.29) is 0 Å². The van der Waals surface area contributed by atoms with Crippen LogP contribution in [0.4, 0.5) is 0 Å². The molecule has 12 heavy (non-hydrogen) atoms. The van der Waals surface area contributed by atoms with Crippen molar-refractivity contribution in [2.24, 2.45) is 7.05 Å². The van der Waals surface area contributed by atoms with Crippen LogP contribution in [0.2, 0.25) is 0 Å². The number of nitrogens with zero attached hydrogens (tertiary/aromatic N) is 2. The van der Waals surface area contributed by atoms with Crippen molar-refractivity contribution in [3.05, 3.63) is 23.5 Å². The zero-order chi connectivity index (χ0) is 8.97. The zero-order valence-corrected chi connectivity index (χ0v) is 8.17. The van der Waals surface area contributed by atoms with E-state index >= 15 is 0 Å². The molecule has 0 saturated carbocycles. The van der Waals surface area contributed by atoms with Crippen molar-refractivity contribution in [3.8, 4) is 0 Å². The van der Waals surface area contributed by atoms with E-state index in [1.165, 1.54) is 5.57 Å². The molecule has 2 nitrogen and oxygen atoms in total.